The van der Waals surface area contributed by atoms with Gasteiger partial charge in [0.25, 0.3) is 0 Å². The first-order valence-corrected chi connectivity index (χ1v) is 4.63. The van der Waals surface area contributed by atoms with Crippen LogP contribution in [0, 0.1) is 5.82 Å². The lowest BCUT2D eigenvalue weighted by Gasteiger charge is -2.02. The third-order valence-corrected chi connectivity index (χ3v) is 1.75. The number of aromatic nitrogens is 1. The van der Waals surface area contributed by atoms with Crippen LogP contribution in [0.25, 0.3) is 0 Å². The molecule has 0 bridgehead atoms. The van der Waals surface area contributed by atoms with Gasteiger partial charge in [0.05, 0.1) is 0 Å². The van der Waals surface area contributed by atoms with Crippen molar-refractivity contribution in [3.05, 3.63) is 24.1 Å². The highest BCUT2D eigenvalue weighted by atomic mass is 19.1. The fourth-order valence-corrected chi connectivity index (χ4v) is 1.02. The average Bonchev–Trinajstić information content (AvgIpc) is 2.15. The largest absolute Gasteiger partial charge is 0.311 e. The highest BCUT2D eigenvalue weighted by molar-refractivity contribution is 5.89. The van der Waals surface area contributed by atoms with E-state index < -0.39 is 5.82 Å². The number of nitrogens with zero attached hydrogens (tertiary/aromatic N) is 1. The SMILES string of the molecule is CCCCC(=O)Nc1cc(F)ccn1. The van der Waals surface area contributed by atoms with Gasteiger partial charge in [-0.1, -0.05) is 13.3 Å². The number of pyridine rings is 1. The Balaban J connectivity index is 2.47. The number of carbonyl (C=O) groups is 1. The number of nitrogens with one attached hydrogen (secondary N) is 1. The molecule has 1 aromatic rings. The zero-order valence-electron chi connectivity index (χ0n) is 8.09. The van der Waals surface area contributed by atoms with Gasteiger partial charge in [-0.25, -0.2) is 9.37 Å². The molecule has 0 aliphatic rings. The Morgan fingerprint density at radius 2 is 2.43 bits per heavy atom. The Hall–Kier alpha value is -1.45. The summed E-state index contributed by atoms with van der Waals surface area (Å²) < 4.78 is 12.7. The van der Waals surface area contributed by atoms with Crippen molar-refractivity contribution in [1.82, 2.24) is 4.98 Å². The maximum Gasteiger partial charge on any atom is 0.225 e. The van der Waals surface area contributed by atoms with Crippen LogP contribution in [0.5, 0.6) is 0 Å². The first kappa shape index (κ1) is 10.6. The van der Waals surface area contributed by atoms with E-state index in [1.54, 1.807) is 0 Å². The monoisotopic (exact) mass is 196 g/mol. The molecule has 0 spiro atoms. The zero-order chi connectivity index (χ0) is 10.4. The average molecular weight is 196 g/mol. The van der Waals surface area contributed by atoms with E-state index >= 15 is 0 Å². The number of anilines is 1. The fourth-order valence-electron chi connectivity index (χ4n) is 1.02. The second kappa shape index (κ2) is 5.32. The van der Waals surface area contributed by atoms with Crippen molar-refractivity contribution in [2.24, 2.45) is 0 Å². The third kappa shape index (κ3) is 3.51. The van der Waals surface area contributed by atoms with Gasteiger partial charge in [-0.15, -0.1) is 0 Å². The molecule has 0 radical (unpaired) electrons. The van der Waals surface area contributed by atoms with Gasteiger partial charge in [0.1, 0.15) is 11.6 Å². The summed E-state index contributed by atoms with van der Waals surface area (Å²) in [7, 11) is 0. The molecule has 1 heterocycles. The van der Waals surface area contributed by atoms with Crippen LogP contribution in [0.2, 0.25) is 0 Å². The molecule has 3 nitrogen and oxygen atoms in total. The fraction of sp³-hybridized carbons (Fsp3) is 0.400. The van der Waals surface area contributed by atoms with Gasteiger partial charge in [0, 0.05) is 18.7 Å². The lowest BCUT2D eigenvalue weighted by molar-refractivity contribution is -0.116. The summed E-state index contributed by atoms with van der Waals surface area (Å²) in [6, 6.07) is 2.44. The van der Waals surface area contributed by atoms with Gasteiger partial charge in [-0.3, -0.25) is 4.79 Å². The molecule has 0 saturated heterocycles. The molecule has 76 valence electrons. The summed E-state index contributed by atoms with van der Waals surface area (Å²) in [5.41, 5.74) is 0. The van der Waals surface area contributed by atoms with Gasteiger partial charge >= 0.3 is 0 Å². The minimum absolute atomic E-state index is 0.120. The first-order chi connectivity index (χ1) is 6.72. The molecule has 0 atom stereocenters. The van der Waals surface area contributed by atoms with Crippen molar-refractivity contribution in [2.75, 3.05) is 5.32 Å². The molecule has 1 N–H and O–H groups in total. The van der Waals surface area contributed by atoms with E-state index in [2.05, 4.69) is 10.3 Å². The van der Waals surface area contributed by atoms with Crippen molar-refractivity contribution < 1.29 is 9.18 Å². The molecule has 1 rings (SSSR count). The molecule has 0 saturated carbocycles. The normalized spacial score (nSPS) is 9.86. The van der Waals surface area contributed by atoms with Crippen molar-refractivity contribution in [1.29, 1.82) is 0 Å². The number of rotatable bonds is 4. The zero-order valence-corrected chi connectivity index (χ0v) is 8.09. The van der Waals surface area contributed by atoms with Gasteiger partial charge in [-0.05, 0) is 12.5 Å². The quantitative estimate of drug-likeness (QED) is 0.803. The minimum Gasteiger partial charge on any atom is -0.311 e. The first-order valence-electron chi connectivity index (χ1n) is 4.63. The molecule has 1 amide bonds. The maximum absolute atomic E-state index is 12.7. The molecule has 1 aromatic heterocycles. The lowest BCUT2D eigenvalue weighted by Crippen LogP contribution is -2.12. The molecule has 0 fully saturated rings. The summed E-state index contributed by atoms with van der Waals surface area (Å²) >= 11 is 0. The maximum atomic E-state index is 12.7. The van der Waals surface area contributed by atoms with Gasteiger partial charge in [0.15, 0.2) is 0 Å². The van der Waals surface area contributed by atoms with E-state index in [-0.39, 0.29) is 11.7 Å². The Kier molecular flexibility index (Phi) is 4.04. The van der Waals surface area contributed by atoms with Crippen LogP contribution in [-0.4, -0.2) is 10.9 Å². The molecular formula is C10H13FN2O. The predicted molar refractivity (Wildman–Crippen MR) is 52.3 cm³/mol. The molecule has 4 heteroatoms. The van der Waals surface area contributed by atoms with Crippen LogP contribution < -0.4 is 5.32 Å². The summed E-state index contributed by atoms with van der Waals surface area (Å²) in [6.45, 7) is 2.01. The van der Waals surface area contributed by atoms with Crippen molar-refractivity contribution >= 4 is 11.7 Å². The van der Waals surface area contributed by atoms with E-state index in [1.807, 2.05) is 6.92 Å². The third-order valence-electron chi connectivity index (χ3n) is 1.75. The molecule has 0 unspecified atom stereocenters. The topological polar surface area (TPSA) is 42.0 Å². The molecule has 0 aliphatic carbocycles. The highest BCUT2D eigenvalue weighted by Crippen LogP contribution is 2.06. The molecule has 0 aromatic carbocycles. The van der Waals surface area contributed by atoms with Crippen LogP contribution in [0.3, 0.4) is 0 Å². The number of halogens is 1. The van der Waals surface area contributed by atoms with Crippen LogP contribution in [0.1, 0.15) is 26.2 Å². The number of unbranched alkanes of at least 4 members (excludes halogenated alkanes) is 1. The summed E-state index contributed by atoms with van der Waals surface area (Å²) in [6.07, 6.45) is 3.57. The number of carbonyl (C=O) groups excluding carboxylic acids is 1. The van der Waals surface area contributed by atoms with Crippen LogP contribution in [0.15, 0.2) is 18.3 Å². The van der Waals surface area contributed by atoms with E-state index in [1.165, 1.54) is 18.3 Å². The number of amides is 1. The minimum atomic E-state index is -0.397. The Morgan fingerprint density at radius 3 is 3.07 bits per heavy atom. The molecular weight excluding hydrogens is 183 g/mol. The van der Waals surface area contributed by atoms with Crippen LogP contribution in [0.4, 0.5) is 10.2 Å². The second-order valence-corrected chi connectivity index (χ2v) is 3.01. The van der Waals surface area contributed by atoms with Gasteiger partial charge < -0.3 is 5.32 Å². The molecule has 0 aliphatic heterocycles. The Morgan fingerprint density at radius 1 is 1.64 bits per heavy atom. The highest BCUT2D eigenvalue weighted by Gasteiger charge is 2.02. The second-order valence-electron chi connectivity index (χ2n) is 3.01. The van der Waals surface area contributed by atoms with Crippen LogP contribution >= 0.6 is 0 Å². The van der Waals surface area contributed by atoms with E-state index in [9.17, 15) is 9.18 Å². The van der Waals surface area contributed by atoms with Gasteiger partial charge in [-0.2, -0.15) is 0 Å². The summed E-state index contributed by atoms with van der Waals surface area (Å²) in [5.74, 6) is -0.248. The van der Waals surface area contributed by atoms with E-state index in [0.717, 1.165) is 12.8 Å². The standard InChI is InChI=1S/C10H13FN2O/c1-2-3-4-10(14)13-9-7-8(11)5-6-12-9/h5-7H,2-4H2,1H3,(H,12,13,14). The predicted octanol–water partition coefficient (Wildman–Crippen LogP) is 2.35. The van der Waals surface area contributed by atoms with Crippen molar-refractivity contribution in [3.8, 4) is 0 Å². The molecule has 14 heavy (non-hydrogen) atoms. The summed E-state index contributed by atoms with van der Waals surface area (Å²) in [5, 5.41) is 2.53. The van der Waals surface area contributed by atoms with E-state index in [0.29, 0.717) is 6.42 Å². The van der Waals surface area contributed by atoms with E-state index in [4.69, 9.17) is 0 Å². The Bertz CT molecular complexity index is 315. The van der Waals surface area contributed by atoms with Crippen molar-refractivity contribution in [3.63, 3.8) is 0 Å². The summed E-state index contributed by atoms with van der Waals surface area (Å²) in [4.78, 5) is 15.0. The Labute approximate surface area is 82.4 Å². The van der Waals surface area contributed by atoms with Crippen LogP contribution in [-0.2, 0) is 4.79 Å². The lowest BCUT2D eigenvalue weighted by atomic mass is 10.2. The van der Waals surface area contributed by atoms with Gasteiger partial charge in [0.2, 0.25) is 5.91 Å². The van der Waals surface area contributed by atoms with Crippen molar-refractivity contribution in [2.45, 2.75) is 26.2 Å². The smallest absolute Gasteiger partial charge is 0.225 e. The number of hydrogen-bond acceptors (Lipinski definition) is 2. The number of hydrogen-bond donors (Lipinski definition) is 1.